The molecule has 2 nitrogen and oxygen atoms in total. The first-order valence-corrected chi connectivity index (χ1v) is 6.06. The van der Waals surface area contributed by atoms with Gasteiger partial charge in [-0.25, -0.2) is 0 Å². The molecule has 0 aromatic heterocycles. The Morgan fingerprint density at radius 2 is 2.06 bits per heavy atom. The molecule has 0 saturated heterocycles. The molecule has 0 N–H and O–H groups in total. The van der Waals surface area contributed by atoms with E-state index < -0.39 is 0 Å². The highest BCUT2D eigenvalue weighted by atomic mass is 16.2. The largest absolute Gasteiger partial charge is 0.339 e. The average molecular weight is 217 g/mol. The van der Waals surface area contributed by atoms with Crippen LogP contribution in [-0.4, -0.2) is 23.4 Å². The number of amides is 1. The summed E-state index contributed by atoms with van der Waals surface area (Å²) in [6.45, 7) is 4.71. The van der Waals surface area contributed by atoms with Gasteiger partial charge in [0.2, 0.25) is 5.91 Å². The van der Waals surface area contributed by atoms with Crippen LogP contribution in [0.3, 0.4) is 0 Å². The lowest BCUT2D eigenvalue weighted by atomic mass is 9.99. The summed E-state index contributed by atoms with van der Waals surface area (Å²) in [5, 5.41) is 0. The van der Waals surface area contributed by atoms with E-state index >= 15 is 0 Å². The van der Waals surface area contributed by atoms with Crippen molar-refractivity contribution in [2.24, 2.45) is 0 Å². The molecule has 0 radical (unpaired) electrons. The van der Waals surface area contributed by atoms with Crippen molar-refractivity contribution in [1.82, 2.24) is 4.90 Å². The number of benzene rings is 1. The maximum absolute atomic E-state index is 11.6. The predicted octanol–water partition coefficient (Wildman–Crippen LogP) is 2.41. The number of nitrogens with zero attached hydrogens (tertiary/aromatic N) is 1. The van der Waals surface area contributed by atoms with Gasteiger partial charge in [-0.15, -0.1) is 0 Å². The van der Waals surface area contributed by atoms with E-state index in [4.69, 9.17) is 0 Å². The van der Waals surface area contributed by atoms with Gasteiger partial charge < -0.3 is 4.90 Å². The highest BCUT2D eigenvalue weighted by Gasteiger charge is 2.23. The van der Waals surface area contributed by atoms with Gasteiger partial charge >= 0.3 is 0 Å². The van der Waals surface area contributed by atoms with Gasteiger partial charge in [0.05, 0.1) is 0 Å². The van der Waals surface area contributed by atoms with Gasteiger partial charge in [-0.1, -0.05) is 31.2 Å². The first-order valence-electron chi connectivity index (χ1n) is 6.06. The van der Waals surface area contributed by atoms with Crippen molar-refractivity contribution in [3.05, 3.63) is 35.4 Å². The number of carbonyl (C=O) groups excluding carboxylic acids is 1. The smallest absolute Gasteiger partial charge is 0.219 e. The van der Waals surface area contributed by atoms with E-state index in [1.807, 2.05) is 4.90 Å². The van der Waals surface area contributed by atoms with Crippen molar-refractivity contribution in [3.63, 3.8) is 0 Å². The molecule has 86 valence electrons. The van der Waals surface area contributed by atoms with E-state index in [0.717, 1.165) is 25.8 Å². The van der Waals surface area contributed by atoms with E-state index in [-0.39, 0.29) is 5.91 Å². The minimum absolute atomic E-state index is 0.208. The summed E-state index contributed by atoms with van der Waals surface area (Å²) in [6.07, 6.45) is 3.03. The molecule has 16 heavy (non-hydrogen) atoms. The third-order valence-electron chi connectivity index (χ3n) is 3.51. The van der Waals surface area contributed by atoms with Crippen molar-refractivity contribution < 1.29 is 4.79 Å². The van der Waals surface area contributed by atoms with Crippen LogP contribution in [0.1, 0.15) is 31.4 Å². The Hall–Kier alpha value is -1.31. The summed E-state index contributed by atoms with van der Waals surface area (Å²) in [4.78, 5) is 13.6. The monoisotopic (exact) mass is 217 g/mol. The predicted molar refractivity (Wildman–Crippen MR) is 65.3 cm³/mol. The highest BCUT2D eigenvalue weighted by molar-refractivity contribution is 5.73. The van der Waals surface area contributed by atoms with E-state index in [1.165, 1.54) is 11.1 Å². The Morgan fingerprint density at radius 1 is 1.38 bits per heavy atom. The molecule has 0 aliphatic carbocycles. The third kappa shape index (κ3) is 2.11. The van der Waals surface area contributed by atoms with Crippen LogP contribution in [0.25, 0.3) is 0 Å². The van der Waals surface area contributed by atoms with Gasteiger partial charge in [0.25, 0.3) is 0 Å². The number of hydrogen-bond donors (Lipinski definition) is 0. The molecule has 1 aromatic rings. The number of fused-ring (bicyclic) bond motifs is 1. The second-order valence-corrected chi connectivity index (χ2v) is 4.50. The molecule has 1 aromatic carbocycles. The van der Waals surface area contributed by atoms with E-state index in [2.05, 4.69) is 31.2 Å². The fourth-order valence-corrected chi connectivity index (χ4v) is 2.57. The molecule has 1 aliphatic rings. The Kier molecular flexibility index (Phi) is 3.28. The summed E-state index contributed by atoms with van der Waals surface area (Å²) >= 11 is 0. The zero-order valence-corrected chi connectivity index (χ0v) is 10.1. The molecular formula is C14H19NO. The topological polar surface area (TPSA) is 20.3 Å². The lowest BCUT2D eigenvalue weighted by Gasteiger charge is -2.28. The molecule has 1 aliphatic heterocycles. The van der Waals surface area contributed by atoms with Crippen LogP contribution >= 0.6 is 0 Å². The molecule has 2 rings (SSSR count). The first kappa shape index (κ1) is 11.2. The molecular weight excluding hydrogens is 198 g/mol. The average Bonchev–Trinajstić information content (AvgIpc) is 2.47. The van der Waals surface area contributed by atoms with Crippen molar-refractivity contribution in [2.45, 2.75) is 39.2 Å². The second kappa shape index (κ2) is 4.69. The molecule has 0 bridgehead atoms. The van der Waals surface area contributed by atoms with Crippen LogP contribution in [0.5, 0.6) is 0 Å². The molecule has 1 amide bonds. The van der Waals surface area contributed by atoms with Gasteiger partial charge in [0, 0.05) is 19.5 Å². The fourth-order valence-electron chi connectivity index (χ4n) is 2.57. The lowest BCUT2D eigenvalue weighted by molar-refractivity contribution is -0.131. The Morgan fingerprint density at radius 3 is 2.69 bits per heavy atom. The molecule has 0 spiro atoms. The minimum atomic E-state index is 0.208. The molecule has 0 saturated carbocycles. The van der Waals surface area contributed by atoms with Gasteiger partial charge in [-0.2, -0.15) is 0 Å². The van der Waals surface area contributed by atoms with Crippen molar-refractivity contribution in [2.75, 3.05) is 6.54 Å². The number of hydrogen-bond acceptors (Lipinski definition) is 1. The number of rotatable bonds is 1. The van der Waals surface area contributed by atoms with E-state index in [9.17, 15) is 4.79 Å². The van der Waals surface area contributed by atoms with E-state index in [1.54, 1.807) is 6.92 Å². The standard InChI is InChI=1S/C14H19NO/c1-3-14-10-13-7-5-4-6-12(13)8-9-15(14)11(2)16/h4-7,14H,3,8-10H2,1-2H3. The van der Waals surface area contributed by atoms with Crippen LogP contribution in [0, 0.1) is 0 Å². The maximum atomic E-state index is 11.6. The molecule has 0 fully saturated rings. The second-order valence-electron chi connectivity index (χ2n) is 4.50. The van der Waals surface area contributed by atoms with Crippen molar-refractivity contribution in [3.8, 4) is 0 Å². The summed E-state index contributed by atoms with van der Waals surface area (Å²) in [5.74, 6) is 0.208. The Bertz CT molecular complexity index is 386. The van der Waals surface area contributed by atoms with Gasteiger partial charge in [-0.05, 0) is 30.4 Å². The molecule has 1 unspecified atom stereocenters. The van der Waals surface area contributed by atoms with Crippen LogP contribution in [0.2, 0.25) is 0 Å². The van der Waals surface area contributed by atoms with Gasteiger partial charge in [0.15, 0.2) is 0 Å². The Balaban J connectivity index is 2.28. The Labute approximate surface area is 97.3 Å². The van der Waals surface area contributed by atoms with Crippen molar-refractivity contribution >= 4 is 5.91 Å². The van der Waals surface area contributed by atoms with Crippen LogP contribution in [-0.2, 0) is 17.6 Å². The summed E-state index contributed by atoms with van der Waals surface area (Å²) in [5.41, 5.74) is 2.82. The SMILES string of the molecule is CCC1Cc2ccccc2CCN1C(C)=O. The highest BCUT2D eigenvalue weighted by Crippen LogP contribution is 2.21. The molecule has 1 heterocycles. The van der Waals surface area contributed by atoms with Gasteiger partial charge in [0.1, 0.15) is 0 Å². The maximum Gasteiger partial charge on any atom is 0.219 e. The zero-order chi connectivity index (χ0) is 11.5. The fraction of sp³-hybridized carbons (Fsp3) is 0.500. The van der Waals surface area contributed by atoms with Crippen LogP contribution in [0.15, 0.2) is 24.3 Å². The summed E-state index contributed by atoms with van der Waals surface area (Å²) in [6, 6.07) is 8.94. The van der Waals surface area contributed by atoms with E-state index in [0.29, 0.717) is 6.04 Å². The third-order valence-corrected chi connectivity index (χ3v) is 3.51. The number of carbonyl (C=O) groups is 1. The lowest BCUT2D eigenvalue weighted by Crippen LogP contribution is -2.39. The zero-order valence-electron chi connectivity index (χ0n) is 10.1. The normalized spacial score (nSPS) is 20.1. The summed E-state index contributed by atoms with van der Waals surface area (Å²) in [7, 11) is 0. The first-order chi connectivity index (χ1) is 7.72. The minimum Gasteiger partial charge on any atom is -0.339 e. The van der Waals surface area contributed by atoms with Gasteiger partial charge in [-0.3, -0.25) is 4.79 Å². The quantitative estimate of drug-likeness (QED) is 0.707. The molecule has 1 atom stereocenters. The molecule has 2 heteroatoms. The van der Waals surface area contributed by atoms with Crippen LogP contribution < -0.4 is 0 Å². The van der Waals surface area contributed by atoms with Crippen LogP contribution in [0.4, 0.5) is 0 Å². The summed E-state index contributed by atoms with van der Waals surface area (Å²) < 4.78 is 0. The van der Waals surface area contributed by atoms with Crippen molar-refractivity contribution in [1.29, 1.82) is 0 Å².